The number of rotatable bonds is 3. The summed E-state index contributed by atoms with van der Waals surface area (Å²) in [6.45, 7) is 0. The molecule has 0 heterocycles. The van der Waals surface area contributed by atoms with Crippen LogP contribution in [0.3, 0.4) is 0 Å². The van der Waals surface area contributed by atoms with E-state index < -0.39 is 0 Å². The minimum atomic E-state index is -0.111. The van der Waals surface area contributed by atoms with E-state index in [4.69, 9.17) is 0 Å². The Morgan fingerprint density at radius 1 is 1.11 bits per heavy atom. The molecule has 0 bridgehead atoms. The van der Waals surface area contributed by atoms with E-state index in [2.05, 4.69) is 28.0 Å². The summed E-state index contributed by atoms with van der Waals surface area (Å²) in [5.41, 5.74) is 4.43. The second-order valence-corrected chi connectivity index (χ2v) is 5.09. The van der Waals surface area contributed by atoms with Crippen molar-refractivity contribution in [3.05, 3.63) is 63.7 Å². The maximum Gasteiger partial charge on any atom is 0.269 e. The number of hydrazine groups is 1. The van der Waals surface area contributed by atoms with Crippen molar-refractivity contribution in [1.29, 1.82) is 0 Å². The molecular weight excluding hydrogens is 339 g/mol. The highest BCUT2D eigenvalue weighted by atomic mass is 127. The summed E-state index contributed by atoms with van der Waals surface area (Å²) in [6.07, 6.45) is 0. The van der Waals surface area contributed by atoms with Crippen LogP contribution in [0.25, 0.3) is 0 Å². The lowest BCUT2D eigenvalue weighted by molar-refractivity contribution is 0.0951. The molecule has 0 atom stereocenters. The van der Waals surface area contributed by atoms with Crippen LogP contribution in [-0.2, 0) is 0 Å². The molecule has 4 heteroatoms. The van der Waals surface area contributed by atoms with Crippen LogP contribution >= 0.6 is 22.6 Å². The molecule has 1 N–H and O–H groups in total. The molecule has 2 aromatic carbocycles. The number of halogens is 1. The summed E-state index contributed by atoms with van der Waals surface area (Å²) < 4.78 is 1.04. The molecule has 0 aromatic heterocycles. The van der Waals surface area contributed by atoms with Crippen LogP contribution in [0.15, 0.2) is 54.6 Å². The molecule has 0 aliphatic carbocycles. The lowest BCUT2D eigenvalue weighted by atomic mass is 10.2. The van der Waals surface area contributed by atoms with Crippen LogP contribution in [0.4, 0.5) is 5.69 Å². The second-order valence-electron chi connectivity index (χ2n) is 3.85. The number of carbonyl (C=O) groups is 1. The lowest BCUT2D eigenvalue weighted by Crippen LogP contribution is -2.39. The Kier molecular flexibility index (Phi) is 4.19. The molecule has 0 aliphatic heterocycles. The van der Waals surface area contributed by atoms with E-state index in [1.54, 1.807) is 11.1 Å². The molecule has 92 valence electrons. The average molecular weight is 352 g/mol. The lowest BCUT2D eigenvalue weighted by Gasteiger charge is -2.20. The molecule has 0 aliphatic rings. The molecule has 0 unspecified atom stereocenters. The fourth-order valence-corrected chi connectivity index (χ4v) is 2.11. The minimum Gasteiger partial charge on any atom is -0.288 e. The number of para-hydroxylation sites is 1. The summed E-state index contributed by atoms with van der Waals surface area (Å²) >= 11 is 2.19. The van der Waals surface area contributed by atoms with Crippen molar-refractivity contribution >= 4 is 34.2 Å². The van der Waals surface area contributed by atoms with Gasteiger partial charge in [-0.15, -0.1) is 0 Å². The number of anilines is 1. The SMILES string of the molecule is CN(NC(=O)c1cccc(I)c1)c1ccccc1. The van der Waals surface area contributed by atoms with Crippen molar-refractivity contribution in [3.8, 4) is 0 Å². The van der Waals surface area contributed by atoms with Crippen LogP contribution < -0.4 is 10.4 Å². The van der Waals surface area contributed by atoms with Crippen molar-refractivity contribution in [3.63, 3.8) is 0 Å². The van der Waals surface area contributed by atoms with Crippen LogP contribution in [0.2, 0.25) is 0 Å². The Bertz CT molecular complexity index is 543. The zero-order chi connectivity index (χ0) is 13.0. The molecule has 0 saturated carbocycles. The summed E-state index contributed by atoms with van der Waals surface area (Å²) in [7, 11) is 1.82. The Hall–Kier alpha value is -1.56. The van der Waals surface area contributed by atoms with E-state index in [-0.39, 0.29) is 5.91 Å². The first-order chi connectivity index (χ1) is 8.66. The fourth-order valence-electron chi connectivity index (χ4n) is 1.56. The largest absolute Gasteiger partial charge is 0.288 e. The van der Waals surface area contributed by atoms with Gasteiger partial charge in [0.05, 0.1) is 5.69 Å². The van der Waals surface area contributed by atoms with Crippen LogP contribution in [0, 0.1) is 3.57 Å². The predicted octanol–water partition coefficient (Wildman–Crippen LogP) is 3.07. The normalized spacial score (nSPS) is 9.89. The third kappa shape index (κ3) is 3.22. The first-order valence-electron chi connectivity index (χ1n) is 5.52. The highest BCUT2D eigenvalue weighted by Gasteiger charge is 2.08. The van der Waals surface area contributed by atoms with Crippen LogP contribution in [0.1, 0.15) is 10.4 Å². The highest BCUT2D eigenvalue weighted by molar-refractivity contribution is 14.1. The van der Waals surface area contributed by atoms with Crippen molar-refractivity contribution < 1.29 is 4.79 Å². The van der Waals surface area contributed by atoms with E-state index in [1.165, 1.54) is 0 Å². The quantitative estimate of drug-likeness (QED) is 0.680. The van der Waals surface area contributed by atoms with Gasteiger partial charge in [0.1, 0.15) is 0 Å². The number of carbonyl (C=O) groups excluding carboxylic acids is 1. The zero-order valence-corrected chi connectivity index (χ0v) is 12.1. The Morgan fingerprint density at radius 3 is 2.50 bits per heavy atom. The van der Waals surface area contributed by atoms with Gasteiger partial charge in [0, 0.05) is 16.2 Å². The van der Waals surface area contributed by atoms with Gasteiger partial charge in [0.15, 0.2) is 0 Å². The van der Waals surface area contributed by atoms with Crippen molar-refractivity contribution in [2.24, 2.45) is 0 Å². The molecule has 2 rings (SSSR count). The van der Waals surface area contributed by atoms with E-state index in [0.717, 1.165) is 9.26 Å². The van der Waals surface area contributed by atoms with Gasteiger partial charge in [-0.1, -0.05) is 24.3 Å². The smallest absolute Gasteiger partial charge is 0.269 e. The summed E-state index contributed by atoms with van der Waals surface area (Å²) in [5, 5.41) is 1.71. The number of hydrogen-bond acceptors (Lipinski definition) is 2. The van der Waals surface area contributed by atoms with Gasteiger partial charge in [0.2, 0.25) is 0 Å². The van der Waals surface area contributed by atoms with Gasteiger partial charge >= 0.3 is 0 Å². The molecule has 1 amide bonds. The fraction of sp³-hybridized carbons (Fsp3) is 0.0714. The molecule has 3 nitrogen and oxygen atoms in total. The van der Waals surface area contributed by atoms with E-state index >= 15 is 0 Å². The number of nitrogens with zero attached hydrogens (tertiary/aromatic N) is 1. The Balaban J connectivity index is 2.08. The average Bonchev–Trinajstić information content (AvgIpc) is 2.39. The molecular formula is C14H13IN2O. The van der Waals surface area contributed by atoms with E-state index in [1.807, 2.05) is 55.6 Å². The standard InChI is InChI=1S/C14H13IN2O/c1-17(13-8-3-2-4-9-13)16-14(18)11-6-5-7-12(15)10-11/h2-10H,1H3,(H,16,18). The van der Waals surface area contributed by atoms with Crippen LogP contribution in [-0.4, -0.2) is 13.0 Å². The molecule has 18 heavy (non-hydrogen) atoms. The van der Waals surface area contributed by atoms with Gasteiger partial charge in [-0.05, 0) is 52.9 Å². The van der Waals surface area contributed by atoms with E-state index in [0.29, 0.717) is 5.56 Å². The maximum atomic E-state index is 12.0. The Morgan fingerprint density at radius 2 is 1.83 bits per heavy atom. The van der Waals surface area contributed by atoms with Gasteiger partial charge in [-0.25, -0.2) is 0 Å². The Labute approximate surface area is 120 Å². The van der Waals surface area contributed by atoms with Gasteiger partial charge < -0.3 is 0 Å². The molecule has 2 aromatic rings. The van der Waals surface area contributed by atoms with Gasteiger partial charge in [-0.3, -0.25) is 15.2 Å². The first-order valence-corrected chi connectivity index (χ1v) is 6.60. The summed E-state index contributed by atoms with van der Waals surface area (Å²) in [6, 6.07) is 17.2. The molecule has 0 radical (unpaired) electrons. The zero-order valence-electron chi connectivity index (χ0n) is 9.93. The van der Waals surface area contributed by atoms with E-state index in [9.17, 15) is 4.79 Å². The third-order valence-electron chi connectivity index (χ3n) is 2.50. The van der Waals surface area contributed by atoms with Crippen LogP contribution in [0.5, 0.6) is 0 Å². The summed E-state index contributed by atoms with van der Waals surface area (Å²) in [5.74, 6) is -0.111. The predicted molar refractivity (Wildman–Crippen MR) is 81.5 cm³/mol. The number of benzene rings is 2. The first kappa shape index (κ1) is 12.9. The highest BCUT2D eigenvalue weighted by Crippen LogP contribution is 2.11. The topological polar surface area (TPSA) is 32.3 Å². The van der Waals surface area contributed by atoms with Gasteiger partial charge in [-0.2, -0.15) is 0 Å². The number of hydrogen-bond donors (Lipinski definition) is 1. The molecule has 0 spiro atoms. The van der Waals surface area contributed by atoms with Gasteiger partial charge in [0.25, 0.3) is 5.91 Å². The van der Waals surface area contributed by atoms with Crippen molar-refractivity contribution in [1.82, 2.24) is 5.43 Å². The number of nitrogens with one attached hydrogen (secondary N) is 1. The summed E-state index contributed by atoms with van der Waals surface area (Å²) in [4.78, 5) is 12.0. The molecule has 0 saturated heterocycles. The maximum absolute atomic E-state index is 12.0. The van der Waals surface area contributed by atoms with Crippen molar-refractivity contribution in [2.75, 3.05) is 12.1 Å². The molecule has 0 fully saturated rings. The third-order valence-corrected chi connectivity index (χ3v) is 3.17. The monoisotopic (exact) mass is 352 g/mol. The minimum absolute atomic E-state index is 0.111. The van der Waals surface area contributed by atoms with Crippen molar-refractivity contribution in [2.45, 2.75) is 0 Å². The second kappa shape index (κ2) is 5.86. The number of amides is 1.